The van der Waals surface area contributed by atoms with Crippen LogP contribution in [-0.4, -0.2) is 38.3 Å². The highest BCUT2D eigenvalue weighted by Gasteiger charge is 2.39. The molecule has 0 spiro atoms. The highest BCUT2D eigenvalue weighted by molar-refractivity contribution is 7.89. The highest BCUT2D eigenvalue weighted by Crippen LogP contribution is 2.22. The summed E-state index contributed by atoms with van der Waals surface area (Å²) in [6, 6.07) is -1.30. The molecule has 0 aromatic carbocycles. The van der Waals surface area contributed by atoms with Crippen molar-refractivity contribution in [1.29, 1.82) is 0 Å². The molecule has 0 amide bonds. The van der Waals surface area contributed by atoms with Crippen LogP contribution in [-0.2, 0) is 21.8 Å². The quantitative estimate of drug-likeness (QED) is 0.843. The van der Waals surface area contributed by atoms with Gasteiger partial charge in [-0.15, -0.1) is 0 Å². The van der Waals surface area contributed by atoms with Crippen LogP contribution in [0.4, 0.5) is 13.2 Å². The predicted molar refractivity (Wildman–Crippen MR) is 62.6 cm³/mol. The maximum atomic E-state index is 12.4. The van der Waals surface area contributed by atoms with E-state index in [2.05, 4.69) is 4.74 Å². The van der Waals surface area contributed by atoms with Crippen molar-refractivity contribution in [1.82, 2.24) is 9.29 Å². The largest absolute Gasteiger partial charge is 0.464 e. The van der Waals surface area contributed by atoms with Crippen LogP contribution >= 0.6 is 0 Å². The average molecular weight is 314 g/mol. The third-order valence-corrected chi connectivity index (χ3v) is 4.02. The summed E-state index contributed by atoms with van der Waals surface area (Å²) in [5.74, 6) is -0.794. The summed E-state index contributed by atoms with van der Waals surface area (Å²) in [6.07, 6.45) is -3.68. The molecule has 0 unspecified atom stereocenters. The lowest BCUT2D eigenvalue weighted by Gasteiger charge is -2.16. The average Bonchev–Trinajstić information content (AvgIpc) is 2.69. The van der Waals surface area contributed by atoms with Gasteiger partial charge in [0, 0.05) is 13.2 Å². The summed E-state index contributed by atoms with van der Waals surface area (Å²) in [7, 11) is -1.91. The van der Waals surface area contributed by atoms with Crippen molar-refractivity contribution in [2.45, 2.75) is 24.0 Å². The molecule has 1 heterocycles. The molecule has 0 radical (unpaired) electrons. The molecule has 20 heavy (non-hydrogen) atoms. The fourth-order valence-corrected chi connectivity index (χ4v) is 2.66. The van der Waals surface area contributed by atoms with Crippen LogP contribution in [0.3, 0.4) is 0 Å². The van der Waals surface area contributed by atoms with Crippen molar-refractivity contribution >= 4 is 16.0 Å². The van der Waals surface area contributed by atoms with Crippen LogP contribution in [0.1, 0.15) is 17.4 Å². The zero-order valence-corrected chi connectivity index (χ0v) is 11.7. The Labute approximate surface area is 113 Å². The fourth-order valence-electron chi connectivity index (χ4n) is 1.36. The van der Waals surface area contributed by atoms with E-state index < -0.39 is 33.1 Å². The molecule has 1 N–H and O–H groups in total. The van der Waals surface area contributed by atoms with Crippen molar-refractivity contribution in [2.24, 2.45) is 7.05 Å². The maximum absolute atomic E-state index is 12.4. The molecule has 1 atom stereocenters. The number of hydrogen-bond donors (Lipinski definition) is 1. The van der Waals surface area contributed by atoms with Gasteiger partial charge in [0.05, 0.1) is 7.11 Å². The second-order valence-electron chi connectivity index (χ2n) is 4.05. The maximum Gasteiger partial charge on any atom is 0.404 e. The van der Waals surface area contributed by atoms with Gasteiger partial charge in [-0.3, -0.25) is 0 Å². The number of nitrogens with one attached hydrogen (secondary N) is 1. The van der Waals surface area contributed by atoms with E-state index in [0.29, 0.717) is 6.92 Å². The minimum Gasteiger partial charge on any atom is -0.464 e. The van der Waals surface area contributed by atoms with E-state index in [9.17, 15) is 26.4 Å². The van der Waals surface area contributed by atoms with Gasteiger partial charge in [-0.25, -0.2) is 13.2 Å². The monoisotopic (exact) mass is 314 g/mol. The number of hydrogen-bond acceptors (Lipinski definition) is 4. The summed E-state index contributed by atoms with van der Waals surface area (Å²) in [6.45, 7) is 0.682. The third kappa shape index (κ3) is 3.51. The minimum atomic E-state index is -4.70. The number of rotatable bonds is 4. The van der Waals surface area contributed by atoms with E-state index in [1.165, 1.54) is 11.8 Å². The Morgan fingerprint density at radius 1 is 1.45 bits per heavy atom. The van der Waals surface area contributed by atoms with Crippen molar-refractivity contribution in [3.63, 3.8) is 0 Å². The number of carbonyl (C=O) groups excluding carboxylic acids is 1. The van der Waals surface area contributed by atoms with Gasteiger partial charge in [0.2, 0.25) is 10.0 Å². The molecule has 1 rings (SSSR count). The van der Waals surface area contributed by atoms with Crippen LogP contribution in [0.2, 0.25) is 0 Å². The van der Waals surface area contributed by atoms with Gasteiger partial charge >= 0.3 is 12.1 Å². The standard InChI is InChI=1S/C10H13F3N2O4S/c1-6(10(11,12)13)14-20(17,18)7-4-8(9(16)19-3)15(2)5-7/h4-6,14H,1-3H3/t6-/m0/s1. The van der Waals surface area contributed by atoms with Gasteiger partial charge in [-0.1, -0.05) is 0 Å². The van der Waals surface area contributed by atoms with Crippen molar-refractivity contribution < 1.29 is 31.1 Å². The van der Waals surface area contributed by atoms with Crippen LogP contribution < -0.4 is 4.72 Å². The van der Waals surface area contributed by atoms with Gasteiger partial charge in [-0.05, 0) is 13.0 Å². The number of ether oxygens (including phenoxy) is 1. The minimum absolute atomic E-state index is 0.0902. The summed E-state index contributed by atoms with van der Waals surface area (Å²) < 4.78 is 67.7. The second-order valence-corrected chi connectivity index (χ2v) is 5.76. The topological polar surface area (TPSA) is 77.4 Å². The van der Waals surface area contributed by atoms with Gasteiger partial charge in [0.15, 0.2) is 0 Å². The SMILES string of the molecule is COC(=O)c1cc(S(=O)(=O)N[C@@H](C)C(F)(F)F)cn1C. The van der Waals surface area contributed by atoms with Gasteiger partial charge in [-0.2, -0.15) is 17.9 Å². The summed E-state index contributed by atoms with van der Waals surface area (Å²) in [4.78, 5) is 10.9. The van der Waals surface area contributed by atoms with E-state index in [-0.39, 0.29) is 5.69 Å². The van der Waals surface area contributed by atoms with Gasteiger partial charge in [0.1, 0.15) is 16.6 Å². The van der Waals surface area contributed by atoms with Crippen molar-refractivity contribution in [3.05, 3.63) is 18.0 Å². The number of aryl methyl sites for hydroxylation is 1. The van der Waals surface area contributed by atoms with Gasteiger partial charge in [0.25, 0.3) is 0 Å². The van der Waals surface area contributed by atoms with E-state index >= 15 is 0 Å². The van der Waals surface area contributed by atoms with Crippen LogP contribution in [0.15, 0.2) is 17.2 Å². The lowest BCUT2D eigenvalue weighted by Crippen LogP contribution is -2.42. The predicted octanol–water partition coefficient (Wildman–Crippen LogP) is 1.04. The smallest absolute Gasteiger partial charge is 0.404 e. The zero-order chi connectivity index (χ0) is 15.7. The number of halogens is 3. The molecule has 1 aromatic rings. The molecular weight excluding hydrogens is 301 g/mol. The molecule has 10 heteroatoms. The van der Waals surface area contributed by atoms with E-state index in [0.717, 1.165) is 23.9 Å². The van der Waals surface area contributed by atoms with E-state index in [4.69, 9.17) is 0 Å². The molecule has 0 aliphatic heterocycles. The Kier molecular flexibility index (Phi) is 4.49. The normalized spacial score (nSPS) is 14.1. The molecule has 0 bridgehead atoms. The van der Waals surface area contributed by atoms with Gasteiger partial charge < -0.3 is 9.30 Å². The number of methoxy groups -OCH3 is 1. The number of carbonyl (C=O) groups is 1. The number of sulfonamides is 1. The van der Waals surface area contributed by atoms with Crippen LogP contribution in [0.25, 0.3) is 0 Å². The Balaban J connectivity index is 3.09. The van der Waals surface area contributed by atoms with E-state index in [1.807, 2.05) is 0 Å². The molecule has 0 saturated heterocycles. The molecule has 0 saturated carbocycles. The number of alkyl halides is 3. The highest BCUT2D eigenvalue weighted by atomic mass is 32.2. The number of nitrogens with zero attached hydrogens (tertiary/aromatic N) is 1. The summed E-state index contributed by atoms with van der Waals surface area (Å²) in [5.41, 5.74) is -0.0902. The third-order valence-electron chi connectivity index (χ3n) is 2.51. The first-order valence-electron chi connectivity index (χ1n) is 5.32. The molecule has 114 valence electrons. The molecule has 0 fully saturated rings. The molecule has 0 aliphatic carbocycles. The fraction of sp³-hybridized carbons (Fsp3) is 0.500. The lowest BCUT2D eigenvalue weighted by atomic mass is 10.4. The zero-order valence-electron chi connectivity index (χ0n) is 10.9. The first-order chi connectivity index (χ1) is 8.99. The Morgan fingerprint density at radius 3 is 2.45 bits per heavy atom. The summed E-state index contributed by atoms with van der Waals surface area (Å²) in [5, 5.41) is 0. The Bertz CT molecular complexity index is 607. The van der Waals surface area contributed by atoms with Crippen LogP contribution in [0.5, 0.6) is 0 Å². The van der Waals surface area contributed by atoms with Crippen molar-refractivity contribution in [2.75, 3.05) is 7.11 Å². The first-order valence-corrected chi connectivity index (χ1v) is 6.81. The van der Waals surface area contributed by atoms with Crippen LogP contribution in [0, 0.1) is 0 Å². The molecule has 0 aliphatic rings. The Hall–Kier alpha value is -1.55. The second kappa shape index (κ2) is 5.44. The van der Waals surface area contributed by atoms with Crippen molar-refractivity contribution in [3.8, 4) is 0 Å². The molecule has 6 nitrogen and oxygen atoms in total. The van der Waals surface area contributed by atoms with E-state index in [1.54, 1.807) is 0 Å². The number of aromatic nitrogens is 1. The molecular formula is C10H13F3N2O4S. The lowest BCUT2D eigenvalue weighted by molar-refractivity contribution is -0.147. The summed E-state index contributed by atoms with van der Waals surface area (Å²) >= 11 is 0. The first kappa shape index (κ1) is 16.5. The Morgan fingerprint density at radius 2 is 2.00 bits per heavy atom. The molecule has 1 aromatic heterocycles. The number of esters is 1.